The summed E-state index contributed by atoms with van der Waals surface area (Å²) < 4.78 is 10.3. The lowest BCUT2D eigenvalue weighted by atomic mass is 10.2. The third-order valence-electron chi connectivity index (χ3n) is 1.63. The quantitative estimate of drug-likeness (QED) is 0.499. The maximum absolute atomic E-state index is 11.2. The summed E-state index contributed by atoms with van der Waals surface area (Å²) in [6.45, 7) is 12.2. The Hall–Kier alpha value is -1.07. The van der Waals surface area contributed by atoms with Crippen LogP contribution in [0, 0.1) is 0 Å². The van der Waals surface area contributed by atoms with Crippen LogP contribution in [-0.2, 0) is 9.47 Å². The lowest BCUT2D eigenvalue weighted by Crippen LogP contribution is -2.37. The van der Waals surface area contributed by atoms with Crippen molar-refractivity contribution < 1.29 is 14.3 Å². The number of rotatable bonds is 8. The summed E-state index contributed by atoms with van der Waals surface area (Å²) in [5.74, 6) is 0. The molecular weight excluding hydrogens is 220 g/mol. The molecule has 100 valence electrons. The molecule has 2 N–H and O–H groups in total. The van der Waals surface area contributed by atoms with Crippen molar-refractivity contribution in [2.45, 2.75) is 26.4 Å². The Morgan fingerprint density at radius 1 is 1.29 bits per heavy atom. The maximum Gasteiger partial charge on any atom is 0.407 e. The van der Waals surface area contributed by atoms with Crippen molar-refractivity contribution in [1.29, 1.82) is 0 Å². The number of nitrogens with one attached hydrogen (secondary N) is 2. The monoisotopic (exact) mass is 244 g/mol. The smallest absolute Gasteiger partial charge is 0.407 e. The molecule has 0 aliphatic carbocycles. The fraction of sp³-hybridized carbons (Fsp3) is 0.750. The summed E-state index contributed by atoms with van der Waals surface area (Å²) in [6, 6.07) is 0. The molecule has 0 bridgehead atoms. The first-order chi connectivity index (χ1) is 7.95. The minimum atomic E-state index is -0.448. The zero-order valence-electron chi connectivity index (χ0n) is 11.0. The topological polar surface area (TPSA) is 59.6 Å². The van der Waals surface area contributed by atoms with Crippen molar-refractivity contribution in [1.82, 2.24) is 10.6 Å². The van der Waals surface area contributed by atoms with Crippen molar-refractivity contribution in [3.8, 4) is 0 Å². The van der Waals surface area contributed by atoms with E-state index >= 15 is 0 Å². The fourth-order valence-corrected chi connectivity index (χ4v) is 1.00. The van der Waals surface area contributed by atoms with Crippen LogP contribution in [0.3, 0.4) is 0 Å². The largest absolute Gasteiger partial charge is 0.444 e. The first-order valence-corrected chi connectivity index (χ1v) is 5.82. The SMILES string of the molecule is C=CCOCCNCCNC(=O)OC(C)(C)C. The average Bonchev–Trinajstić information content (AvgIpc) is 2.19. The van der Waals surface area contributed by atoms with Crippen LogP contribution in [0.2, 0.25) is 0 Å². The third kappa shape index (κ3) is 12.9. The number of hydrogen-bond acceptors (Lipinski definition) is 4. The molecule has 1 amide bonds. The predicted molar refractivity (Wildman–Crippen MR) is 68.1 cm³/mol. The minimum absolute atomic E-state index is 0.387. The molecule has 5 nitrogen and oxygen atoms in total. The van der Waals surface area contributed by atoms with Gasteiger partial charge in [-0.05, 0) is 20.8 Å². The first kappa shape index (κ1) is 15.9. The minimum Gasteiger partial charge on any atom is -0.444 e. The predicted octanol–water partition coefficient (Wildman–Crippen LogP) is 1.30. The van der Waals surface area contributed by atoms with E-state index in [1.165, 1.54) is 0 Å². The van der Waals surface area contributed by atoms with Crippen molar-refractivity contribution in [2.75, 3.05) is 32.8 Å². The van der Waals surface area contributed by atoms with Crippen LogP contribution in [0.4, 0.5) is 4.79 Å². The van der Waals surface area contributed by atoms with E-state index in [0.717, 1.165) is 6.54 Å². The zero-order chi connectivity index (χ0) is 13.1. The van der Waals surface area contributed by atoms with Gasteiger partial charge in [-0.25, -0.2) is 4.79 Å². The van der Waals surface area contributed by atoms with Gasteiger partial charge in [0.15, 0.2) is 0 Å². The van der Waals surface area contributed by atoms with Crippen LogP contribution < -0.4 is 10.6 Å². The van der Waals surface area contributed by atoms with Gasteiger partial charge in [0.25, 0.3) is 0 Å². The highest BCUT2D eigenvalue weighted by Gasteiger charge is 2.15. The molecule has 0 aromatic heterocycles. The third-order valence-corrected chi connectivity index (χ3v) is 1.63. The summed E-state index contributed by atoms with van der Waals surface area (Å²) in [5.41, 5.74) is -0.448. The van der Waals surface area contributed by atoms with Crippen molar-refractivity contribution in [2.24, 2.45) is 0 Å². The molecule has 0 aliphatic rings. The highest BCUT2D eigenvalue weighted by Crippen LogP contribution is 2.05. The molecule has 17 heavy (non-hydrogen) atoms. The molecular formula is C12H24N2O3. The second-order valence-corrected chi connectivity index (χ2v) is 4.54. The average molecular weight is 244 g/mol. The molecule has 0 rings (SSSR count). The number of ether oxygens (including phenoxy) is 2. The van der Waals surface area contributed by atoms with E-state index in [2.05, 4.69) is 17.2 Å². The van der Waals surface area contributed by atoms with E-state index in [1.54, 1.807) is 6.08 Å². The molecule has 0 saturated carbocycles. The molecule has 0 atom stereocenters. The van der Waals surface area contributed by atoms with E-state index in [1.807, 2.05) is 20.8 Å². The highest BCUT2D eigenvalue weighted by atomic mass is 16.6. The second kappa shape index (κ2) is 9.01. The molecule has 0 saturated heterocycles. The van der Waals surface area contributed by atoms with Crippen LogP contribution in [0.25, 0.3) is 0 Å². The Balaban J connectivity index is 3.28. The molecule has 0 unspecified atom stereocenters. The first-order valence-electron chi connectivity index (χ1n) is 5.82. The van der Waals surface area contributed by atoms with Gasteiger partial charge >= 0.3 is 6.09 Å². The van der Waals surface area contributed by atoms with Crippen LogP contribution in [0.5, 0.6) is 0 Å². The van der Waals surface area contributed by atoms with Crippen molar-refractivity contribution >= 4 is 6.09 Å². The van der Waals surface area contributed by atoms with E-state index in [0.29, 0.717) is 26.3 Å². The Bertz CT molecular complexity index is 224. The molecule has 0 fully saturated rings. The normalized spacial score (nSPS) is 11.0. The molecule has 0 spiro atoms. The van der Waals surface area contributed by atoms with Gasteiger partial charge in [-0.2, -0.15) is 0 Å². The van der Waals surface area contributed by atoms with Crippen LogP contribution >= 0.6 is 0 Å². The van der Waals surface area contributed by atoms with Gasteiger partial charge in [0.05, 0.1) is 13.2 Å². The van der Waals surface area contributed by atoms with Gasteiger partial charge in [0.1, 0.15) is 5.60 Å². The standard InChI is InChI=1S/C12H24N2O3/c1-5-9-16-10-8-13-6-7-14-11(15)17-12(2,3)4/h5,13H,1,6-10H2,2-4H3,(H,14,15). The Kier molecular flexibility index (Phi) is 8.44. The molecule has 0 aromatic rings. The van der Waals surface area contributed by atoms with Crippen LogP contribution in [0.15, 0.2) is 12.7 Å². The van der Waals surface area contributed by atoms with Crippen molar-refractivity contribution in [3.05, 3.63) is 12.7 Å². The van der Waals surface area contributed by atoms with Gasteiger partial charge in [-0.3, -0.25) is 0 Å². The fourth-order valence-electron chi connectivity index (χ4n) is 1.00. The maximum atomic E-state index is 11.2. The molecule has 0 radical (unpaired) electrons. The number of alkyl carbamates (subject to hydrolysis) is 1. The van der Waals surface area contributed by atoms with Gasteiger partial charge in [-0.1, -0.05) is 6.08 Å². The Labute approximate surface area is 104 Å². The molecule has 5 heteroatoms. The van der Waals surface area contributed by atoms with E-state index in [9.17, 15) is 4.79 Å². The second-order valence-electron chi connectivity index (χ2n) is 4.54. The summed E-state index contributed by atoms with van der Waals surface area (Å²) in [6.07, 6.45) is 1.33. The van der Waals surface area contributed by atoms with Crippen LogP contribution in [0.1, 0.15) is 20.8 Å². The zero-order valence-corrected chi connectivity index (χ0v) is 11.0. The molecule has 0 heterocycles. The van der Waals surface area contributed by atoms with Gasteiger partial charge in [-0.15, -0.1) is 6.58 Å². The number of hydrogen-bond donors (Lipinski definition) is 2. The van der Waals surface area contributed by atoms with Gasteiger partial charge in [0, 0.05) is 19.6 Å². The van der Waals surface area contributed by atoms with Crippen molar-refractivity contribution in [3.63, 3.8) is 0 Å². The summed E-state index contributed by atoms with van der Waals surface area (Å²) in [5, 5.41) is 5.79. The van der Waals surface area contributed by atoms with E-state index in [4.69, 9.17) is 9.47 Å². The summed E-state index contributed by atoms with van der Waals surface area (Å²) in [7, 11) is 0. The van der Waals surface area contributed by atoms with E-state index < -0.39 is 5.60 Å². The summed E-state index contributed by atoms with van der Waals surface area (Å²) >= 11 is 0. The number of carbonyl (C=O) groups is 1. The van der Waals surface area contributed by atoms with Crippen LogP contribution in [-0.4, -0.2) is 44.5 Å². The molecule has 0 aliphatic heterocycles. The summed E-state index contributed by atoms with van der Waals surface area (Å²) in [4.78, 5) is 11.2. The number of amides is 1. The molecule has 0 aromatic carbocycles. The lowest BCUT2D eigenvalue weighted by Gasteiger charge is -2.19. The van der Waals surface area contributed by atoms with Gasteiger partial charge in [0.2, 0.25) is 0 Å². The lowest BCUT2D eigenvalue weighted by molar-refractivity contribution is 0.0528. The Morgan fingerprint density at radius 3 is 2.59 bits per heavy atom. The highest BCUT2D eigenvalue weighted by molar-refractivity contribution is 5.67. The van der Waals surface area contributed by atoms with E-state index in [-0.39, 0.29) is 6.09 Å². The van der Waals surface area contributed by atoms with Gasteiger partial charge < -0.3 is 20.1 Å². The number of carbonyl (C=O) groups excluding carboxylic acids is 1. The Morgan fingerprint density at radius 2 is 2.00 bits per heavy atom.